The van der Waals surface area contributed by atoms with Crippen LogP contribution in [0, 0.1) is 11.8 Å². The third-order valence-corrected chi connectivity index (χ3v) is 5.09. The van der Waals surface area contributed by atoms with Gasteiger partial charge in [-0.05, 0) is 49.8 Å². The van der Waals surface area contributed by atoms with E-state index in [9.17, 15) is 9.59 Å². The fraction of sp³-hybridized carbons (Fsp3) is 0.579. The van der Waals surface area contributed by atoms with Crippen LogP contribution in [-0.4, -0.2) is 24.4 Å². The van der Waals surface area contributed by atoms with Crippen LogP contribution < -0.4 is 16.4 Å². The van der Waals surface area contributed by atoms with Crippen molar-refractivity contribution in [3.8, 4) is 0 Å². The number of hydrogen-bond acceptors (Lipinski definition) is 3. The maximum atomic E-state index is 12.3. The van der Waals surface area contributed by atoms with Gasteiger partial charge in [-0.3, -0.25) is 9.59 Å². The molecule has 0 spiro atoms. The monoisotopic (exact) mass is 329 g/mol. The standard InChI is InChI=1S/C19H27N3O2/c20-17(13-9-10-13)12-21-18(23)15-7-4-8-16(11-15)22-19(24)14-5-2-1-3-6-14/h4,7-8,11,13-14,17H,1-3,5-6,9-10,12,20H2,(H,21,23)(H,22,24). The first kappa shape index (κ1) is 17.0. The fourth-order valence-corrected chi connectivity index (χ4v) is 3.35. The second-order valence-corrected chi connectivity index (χ2v) is 7.12. The summed E-state index contributed by atoms with van der Waals surface area (Å²) >= 11 is 0. The van der Waals surface area contributed by atoms with E-state index in [2.05, 4.69) is 10.6 Å². The van der Waals surface area contributed by atoms with Crippen LogP contribution in [0.2, 0.25) is 0 Å². The van der Waals surface area contributed by atoms with Crippen LogP contribution in [0.5, 0.6) is 0 Å². The molecule has 2 aliphatic rings. The molecular formula is C19H27N3O2. The van der Waals surface area contributed by atoms with Crippen LogP contribution >= 0.6 is 0 Å². The number of benzene rings is 1. The van der Waals surface area contributed by atoms with Crippen molar-refractivity contribution in [1.29, 1.82) is 0 Å². The van der Waals surface area contributed by atoms with Crippen molar-refractivity contribution in [1.82, 2.24) is 5.32 Å². The normalized spacial score (nSPS) is 19.5. The molecule has 0 bridgehead atoms. The molecule has 2 amide bonds. The molecule has 1 unspecified atom stereocenters. The second-order valence-electron chi connectivity index (χ2n) is 7.12. The Bertz CT molecular complexity index is 592. The van der Waals surface area contributed by atoms with E-state index in [1.54, 1.807) is 18.2 Å². The maximum absolute atomic E-state index is 12.3. The lowest BCUT2D eigenvalue weighted by Crippen LogP contribution is -2.38. The van der Waals surface area contributed by atoms with Gasteiger partial charge in [0.05, 0.1) is 0 Å². The number of amides is 2. The highest BCUT2D eigenvalue weighted by atomic mass is 16.2. The van der Waals surface area contributed by atoms with Gasteiger partial charge in [0.25, 0.3) is 5.91 Å². The van der Waals surface area contributed by atoms with E-state index in [1.807, 2.05) is 6.07 Å². The van der Waals surface area contributed by atoms with E-state index in [1.165, 1.54) is 19.3 Å². The predicted octanol–water partition coefficient (Wildman–Crippen LogP) is 2.67. The Labute approximate surface area is 143 Å². The van der Waals surface area contributed by atoms with E-state index in [4.69, 9.17) is 5.73 Å². The van der Waals surface area contributed by atoms with E-state index in [0.29, 0.717) is 23.7 Å². The lowest BCUT2D eigenvalue weighted by Gasteiger charge is -2.20. The van der Waals surface area contributed by atoms with Gasteiger partial charge in [-0.25, -0.2) is 0 Å². The third kappa shape index (κ3) is 4.57. The number of carbonyl (C=O) groups is 2. The molecule has 0 heterocycles. The van der Waals surface area contributed by atoms with Gasteiger partial charge in [0.15, 0.2) is 0 Å². The van der Waals surface area contributed by atoms with Crippen LogP contribution in [0.3, 0.4) is 0 Å². The highest BCUT2D eigenvalue weighted by Crippen LogP contribution is 2.31. The predicted molar refractivity (Wildman–Crippen MR) is 94.7 cm³/mol. The van der Waals surface area contributed by atoms with E-state index >= 15 is 0 Å². The molecule has 5 nitrogen and oxygen atoms in total. The molecule has 0 aromatic heterocycles. The van der Waals surface area contributed by atoms with Crippen LogP contribution in [0.4, 0.5) is 5.69 Å². The molecular weight excluding hydrogens is 302 g/mol. The van der Waals surface area contributed by atoms with E-state index in [0.717, 1.165) is 25.7 Å². The molecule has 1 aromatic carbocycles. The molecule has 4 N–H and O–H groups in total. The Morgan fingerprint density at radius 2 is 1.88 bits per heavy atom. The average molecular weight is 329 g/mol. The summed E-state index contributed by atoms with van der Waals surface area (Å²) in [7, 11) is 0. The van der Waals surface area contributed by atoms with Crippen molar-refractivity contribution in [2.75, 3.05) is 11.9 Å². The molecule has 0 saturated heterocycles. The van der Waals surface area contributed by atoms with Gasteiger partial charge in [-0.1, -0.05) is 25.3 Å². The lowest BCUT2D eigenvalue weighted by molar-refractivity contribution is -0.120. The lowest BCUT2D eigenvalue weighted by atomic mass is 9.88. The number of nitrogens with two attached hydrogens (primary N) is 1. The number of rotatable bonds is 6. The molecule has 5 heteroatoms. The fourth-order valence-electron chi connectivity index (χ4n) is 3.35. The highest BCUT2D eigenvalue weighted by Gasteiger charge is 2.28. The summed E-state index contributed by atoms with van der Waals surface area (Å²) < 4.78 is 0. The first-order valence-electron chi connectivity index (χ1n) is 9.08. The average Bonchev–Trinajstić information content (AvgIpc) is 3.45. The summed E-state index contributed by atoms with van der Waals surface area (Å²) in [5.74, 6) is 0.599. The zero-order valence-corrected chi connectivity index (χ0v) is 14.1. The van der Waals surface area contributed by atoms with Gasteiger partial charge in [-0.15, -0.1) is 0 Å². The first-order chi connectivity index (χ1) is 11.6. The summed E-state index contributed by atoms with van der Waals surface area (Å²) in [5.41, 5.74) is 7.25. The molecule has 3 rings (SSSR count). The largest absolute Gasteiger partial charge is 0.350 e. The summed E-state index contributed by atoms with van der Waals surface area (Å²) in [5, 5.41) is 5.84. The second kappa shape index (κ2) is 7.79. The third-order valence-electron chi connectivity index (χ3n) is 5.09. The molecule has 24 heavy (non-hydrogen) atoms. The van der Waals surface area contributed by atoms with Crippen molar-refractivity contribution >= 4 is 17.5 Å². The smallest absolute Gasteiger partial charge is 0.251 e. The van der Waals surface area contributed by atoms with Gasteiger partial charge >= 0.3 is 0 Å². The molecule has 1 aromatic rings. The van der Waals surface area contributed by atoms with Crippen molar-refractivity contribution in [2.45, 2.75) is 51.0 Å². The Balaban J connectivity index is 1.54. The quantitative estimate of drug-likeness (QED) is 0.750. The minimum absolute atomic E-state index is 0.0446. The van der Waals surface area contributed by atoms with Crippen LogP contribution in [0.15, 0.2) is 24.3 Å². The van der Waals surface area contributed by atoms with Gasteiger partial charge in [0.1, 0.15) is 0 Å². The number of anilines is 1. The molecule has 1 atom stereocenters. The molecule has 2 fully saturated rings. The summed E-state index contributed by atoms with van der Waals surface area (Å²) in [6, 6.07) is 7.16. The topological polar surface area (TPSA) is 84.2 Å². The zero-order chi connectivity index (χ0) is 16.9. The Kier molecular flexibility index (Phi) is 5.51. The van der Waals surface area contributed by atoms with Crippen LogP contribution in [-0.2, 0) is 4.79 Å². The molecule has 130 valence electrons. The van der Waals surface area contributed by atoms with Crippen LogP contribution in [0.25, 0.3) is 0 Å². The van der Waals surface area contributed by atoms with E-state index < -0.39 is 0 Å². The number of carbonyl (C=O) groups excluding carboxylic acids is 2. The van der Waals surface area contributed by atoms with Gasteiger partial charge in [0, 0.05) is 29.8 Å². The molecule has 0 radical (unpaired) electrons. The minimum atomic E-state index is -0.139. The summed E-state index contributed by atoms with van der Waals surface area (Å²) in [4.78, 5) is 24.6. The highest BCUT2D eigenvalue weighted by molar-refractivity contribution is 5.97. The molecule has 2 aliphatic carbocycles. The Hall–Kier alpha value is -1.88. The van der Waals surface area contributed by atoms with Crippen molar-refractivity contribution in [3.63, 3.8) is 0 Å². The molecule has 2 saturated carbocycles. The molecule has 0 aliphatic heterocycles. The van der Waals surface area contributed by atoms with Crippen LogP contribution in [0.1, 0.15) is 55.3 Å². The summed E-state index contributed by atoms with van der Waals surface area (Å²) in [6.07, 6.45) is 7.74. The summed E-state index contributed by atoms with van der Waals surface area (Å²) in [6.45, 7) is 0.502. The minimum Gasteiger partial charge on any atom is -0.350 e. The maximum Gasteiger partial charge on any atom is 0.251 e. The SMILES string of the molecule is NC(CNC(=O)c1cccc(NC(=O)C2CCCCC2)c1)C1CC1. The Morgan fingerprint density at radius 3 is 2.58 bits per heavy atom. The zero-order valence-electron chi connectivity index (χ0n) is 14.1. The first-order valence-corrected chi connectivity index (χ1v) is 9.08. The van der Waals surface area contributed by atoms with Gasteiger partial charge in [0.2, 0.25) is 5.91 Å². The van der Waals surface area contributed by atoms with Crippen molar-refractivity contribution < 1.29 is 9.59 Å². The van der Waals surface area contributed by atoms with Gasteiger partial charge < -0.3 is 16.4 Å². The van der Waals surface area contributed by atoms with Crippen molar-refractivity contribution in [2.24, 2.45) is 17.6 Å². The van der Waals surface area contributed by atoms with Crippen molar-refractivity contribution in [3.05, 3.63) is 29.8 Å². The van der Waals surface area contributed by atoms with E-state index in [-0.39, 0.29) is 23.8 Å². The Morgan fingerprint density at radius 1 is 1.12 bits per heavy atom. The van der Waals surface area contributed by atoms with Gasteiger partial charge in [-0.2, -0.15) is 0 Å². The number of nitrogens with one attached hydrogen (secondary N) is 2. The number of hydrogen-bond donors (Lipinski definition) is 3.